The number of carbonyl (C=O) groups is 1. The molecule has 0 N–H and O–H groups in total. The molecule has 5 nitrogen and oxygen atoms in total. The number of carbonyl (C=O) groups excluding carboxylic acids is 1. The molecule has 1 aliphatic rings. The predicted molar refractivity (Wildman–Crippen MR) is 86.4 cm³/mol. The second kappa shape index (κ2) is 7.61. The predicted octanol–water partition coefficient (Wildman–Crippen LogP) is 1.88. The lowest BCUT2D eigenvalue weighted by Gasteiger charge is -2.44. The molecule has 1 aromatic rings. The van der Waals surface area contributed by atoms with Crippen LogP contribution in [0.4, 0.5) is 0 Å². The summed E-state index contributed by atoms with van der Waals surface area (Å²) in [6.45, 7) is 7.46. The first-order chi connectivity index (χ1) is 10.6. The Kier molecular flexibility index (Phi) is 5.80. The number of rotatable bonds is 5. The molecule has 0 aromatic heterocycles. The Hall–Kier alpha value is -1.59. The SMILES string of the molecule is COCCN1C(C)CN(C(=O)c2ccc(OC)cc2)CC1C. The van der Waals surface area contributed by atoms with Crippen LogP contribution in [0.25, 0.3) is 0 Å². The standard InChI is InChI=1S/C17H26N2O3/c1-13-11-18(12-14(2)19(13)9-10-21-3)17(20)15-5-7-16(22-4)8-6-15/h5-8,13-14H,9-12H2,1-4H3. The van der Waals surface area contributed by atoms with E-state index >= 15 is 0 Å². The Bertz CT molecular complexity index is 477. The van der Waals surface area contributed by atoms with Gasteiger partial charge in [-0.3, -0.25) is 9.69 Å². The Morgan fingerprint density at radius 2 is 1.73 bits per heavy atom. The van der Waals surface area contributed by atoms with Crippen LogP contribution in [-0.2, 0) is 4.74 Å². The molecule has 22 heavy (non-hydrogen) atoms. The van der Waals surface area contributed by atoms with E-state index in [0.29, 0.717) is 17.6 Å². The molecule has 2 unspecified atom stereocenters. The van der Waals surface area contributed by atoms with Crippen LogP contribution in [0, 0.1) is 0 Å². The summed E-state index contributed by atoms with van der Waals surface area (Å²) in [5.74, 6) is 0.857. The van der Waals surface area contributed by atoms with Crippen LogP contribution in [0.2, 0.25) is 0 Å². The lowest BCUT2D eigenvalue weighted by atomic mass is 10.1. The highest BCUT2D eigenvalue weighted by molar-refractivity contribution is 5.94. The fourth-order valence-corrected chi connectivity index (χ4v) is 3.08. The van der Waals surface area contributed by atoms with Gasteiger partial charge in [0.1, 0.15) is 5.75 Å². The zero-order valence-corrected chi connectivity index (χ0v) is 13.9. The van der Waals surface area contributed by atoms with Crippen molar-refractivity contribution in [3.63, 3.8) is 0 Å². The molecule has 1 aliphatic heterocycles. The highest BCUT2D eigenvalue weighted by atomic mass is 16.5. The normalized spacial score (nSPS) is 22.6. The van der Waals surface area contributed by atoms with Crippen LogP contribution in [0.1, 0.15) is 24.2 Å². The van der Waals surface area contributed by atoms with E-state index in [1.807, 2.05) is 29.2 Å². The monoisotopic (exact) mass is 306 g/mol. The summed E-state index contributed by atoms with van der Waals surface area (Å²) in [5, 5.41) is 0. The molecular formula is C17H26N2O3. The van der Waals surface area contributed by atoms with E-state index in [1.54, 1.807) is 14.2 Å². The minimum absolute atomic E-state index is 0.0905. The van der Waals surface area contributed by atoms with Crippen LogP contribution < -0.4 is 4.74 Å². The number of methoxy groups -OCH3 is 2. The average Bonchev–Trinajstić information content (AvgIpc) is 2.53. The van der Waals surface area contributed by atoms with E-state index in [-0.39, 0.29) is 5.91 Å². The van der Waals surface area contributed by atoms with Crippen molar-refractivity contribution < 1.29 is 14.3 Å². The van der Waals surface area contributed by atoms with Crippen molar-refractivity contribution in [1.82, 2.24) is 9.80 Å². The van der Waals surface area contributed by atoms with Crippen molar-refractivity contribution in [3.05, 3.63) is 29.8 Å². The summed E-state index contributed by atoms with van der Waals surface area (Å²) in [6.07, 6.45) is 0. The van der Waals surface area contributed by atoms with E-state index < -0.39 is 0 Å². The van der Waals surface area contributed by atoms with Gasteiger partial charge < -0.3 is 14.4 Å². The van der Waals surface area contributed by atoms with Crippen LogP contribution >= 0.6 is 0 Å². The third-order valence-electron chi connectivity index (χ3n) is 4.28. The Balaban J connectivity index is 2.02. The molecule has 2 atom stereocenters. The van der Waals surface area contributed by atoms with E-state index in [2.05, 4.69) is 18.7 Å². The highest BCUT2D eigenvalue weighted by Crippen LogP contribution is 2.19. The van der Waals surface area contributed by atoms with Gasteiger partial charge in [0.05, 0.1) is 13.7 Å². The molecule has 0 bridgehead atoms. The maximum atomic E-state index is 12.7. The van der Waals surface area contributed by atoms with Gasteiger partial charge in [0.15, 0.2) is 0 Å². The third kappa shape index (κ3) is 3.78. The summed E-state index contributed by atoms with van der Waals surface area (Å²) in [7, 11) is 3.35. The molecule has 122 valence electrons. The van der Waals surface area contributed by atoms with Gasteiger partial charge in [-0.05, 0) is 38.1 Å². The first kappa shape index (κ1) is 16.8. The minimum Gasteiger partial charge on any atom is -0.497 e. The molecule has 5 heteroatoms. The van der Waals surface area contributed by atoms with Crippen molar-refractivity contribution in [1.29, 1.82) is 0 Å². The molecule has 1 fully saturated rings. The third-order valence-corrected chi connectivity index (χ3v) is 4.28. The zero-order chi connectivity index (χ0) is 16.1. The van der Waals surface area contributed by atoms with Gasteiger partial charge in [0, 0.05) is 44.4 Å². The van der Waals surface area contributed by atoms with Gasteiger partial charge in [-0.1, -0.05) is 0 Å². The first-order valence-corrected chi connectivity index (χ1v) is 7.74. The molecule has 1 aromatic carbocycles. The average molecular weight is 306 g/mol. The van der Waals surface area contributed by atoms with Crippen molar-refractivity contribution in [3.8, 4) is 5.75 Å². The number of ether oxygens (including phenoxy) is 2. The van der Waals surface area contributed by atoms with E-state index in [4.69, 9.17) is 9.47 Å². The van der Waals surface area contributed by atoms with Gasteiger partial charge in [0.25, 0.3) is 5.91 Å². The number of nitrogens with zero attached hydrogens (tertiary/aromatic N) is 2. The van der Waals surface area contributed by atoms with Gasteiger partial charge in [-0.25, -0.2) is 0 Å². The summed E-state index contributed by atoms with van der Waals surface area (Å²) in [6, 6.07) is 7.98. The molecule has 0 aliphatic carbocycles. The van der Waals surface area contributed by atoms with Gasteiger partial charge in [0.2, 0.25) is 0 Å². The van der Waals surface area contributed by atoms with Gasteiger partial charge >= 0.3 is 0 Å². The van der Waals surface area contributed by atoms with E-state index in [0.717, 1.165) is 32.0 Å². The van der Waals surface area contributed by atoms with Crippen molar-refractivity contribution >= 4 is 5.91 Å². The summed E-state index contributed by atoms with van der Waals surface area (Å²) < 4.78 is 10.3. The lowest BCUT2D eigenvalue weighted by Crippen LogP contribution is -2.58. The molecule has 1 amide bonds. The van der Waals surface area contributed by atoms with Crippen LogP contribution in [-0.4, -0.2) is 68.3 Å². The molecule has 0 saturated carbocycles. The Morgan fingerprint density at radius 1 is 1.14 bits per heavy atom. The number of piperazine rings is 1. The largest absolute Gasteiger partial charge is 0.497 e. The Labute approximate surface area is 132 Å². The van der Waals surface area contributed by atoms with Gasteiger partial charge in [-0.2, -0.15) is 0 Å². The molecule has 1 saturated heterocycles. The second-order valence-corrected chi connectivity index (χ2v) is 5.87. The van der Waals surface area contributed by atoms with Crippen LogP contribution in [0.5, 0.6) is 5.75 Å². The maximum Gasteiger partial charge on any atom is 0.253 e. The summed E-state index contributed by atoms with van der Waals surface area (Å²) in [4.78, 5) is 17.0. The smallest absolute Gasteiger partial charge is 0.253 e. The molecule has 2 rings (SSSR count). The van der Waals surface area contributed by atoms with E-state index in [9.17, 15) is 4.79 Å². The number of benzene rings is 1. The quantitative estimate of drug-likeness (QED) is 0.833. The fraction of sp³-hybridized carbons (Fsp3) is 0.588. The Morgan fingerprint density at radius 3 is 2.23 bits per heavy atom. The topological polar surface area (TPSA) is 42.0 Å². The summed E-state index contributed by atoms with van der Waals surface area (Å²) >= 11 is 0. The van der Waals surface area contributed by atoms with Crippen LogP contribution in [0.3, 0.4) is 0 Å². The fourth-order valence-electron chi connectivity index (χ4n) is 3.08. The van der Waals surface area contributed by atoms with Crippen molar-refractivity contribution in [2.75, 3.05) is 40.5 Å². The summed E-state index contributed by atoms with van der Waals surface area (Å²) in [5.41, 5.74) is 0.713. The minimum atomic E-state index is 0.0905. The second-order valence-electron chi connectivity index (χ2n) is 5.87. The first-order valence-electron chi connectivity index (χ1n) is 7.74. The van der Waals surface area contributed by atoms with Gasteiger partial charge in [-0.15, -0.1) is 0 Å². The highest BCUT2D eigenvalue weighted by Gasteiger charge is 2.31. The van der Waals surface area contributed by atoms with Crippen molar-refractivity contribution in [2.24, 2.45) is 0 Å². The van der Waals surface area contributed by atoms with E-state index in [1.165, 1.54) is 0 Å². The zero-order valence-electron chi connectivity index (χ0n) is 13.9. The number of hydrogen-bond acceptors (Lipinski definition) is 4. The molecule has 1 heterocycles. The van der Waals surface area contributed by atoms with Crippen LogP contribution in [0.15, 0.2) is 24.3 Å². The molecule has 0 spiro atoms. The molecular weight excluding hydrogens is 280 g/mol. The number of hydrogen-bond donors (Lipinski definition) is 0. The maximum absolute atomic E-state index is 12.7. The van der Waals surface area contributed by atoms with Crippen molar-refractivity contribution in [2.45, 2.75) is 25.9 Å². The number of amides is 1. The molecule has 0 radical (unpaired) electrons. The lowest BCUT2D eigenvalue weighted by molar-refractivity contribution is 0.0193.